The molecule has 1 unspecified atom stereocenters. The molecular formula is C47H34N2. The third kappa shape index (κ3) is 4.14. The molecule has 1 aliphatic heterocycles. The number of hydrogen-bond donors (Lipinski definition) is 0. The first-order chi connectivity index (χ1) is 24.2. The van der Waals surface area contributed by atoms with Gasteiger partial charge in [-0.1, -0.05) is 127 Å². The van der Waals surface area contributed by atoms with Crippen LogP contribution in [0.4, 0.5) is 11.4 Å². The molecule has 0 N–H and O–H groups in total. The van der Waals surface area contributed by atoms with Gasteiger partial charge in [0.2, 0.25) is 0 Å². The molecule has 1 aromatic heterocycles. The van der Waals surface area contributed by atoms with E-state index in [0.29, 0.717) is 0 Å². The van der Waals surface area contributed by atoms with E-state index >= 15 is 0 Å². The van der Waals surface area contributed by atoms with Gasteiger partial charge in [-0.2, -0.15) is 0 Å². The molecule has 0 saturated heterocycles. The smallest absolute Gasteiger partial charge is 0.0715 e. The number of para-hydroxylation sites is 2. The zero-order valence-corrected chi connectivity index (χ0v) is 27.3. The summed E-state index contributed by atoms with van der Waals surface area (Å²) in [5.41, 5.74) is 13.6. The summed E-state index contributed by atoms with van der Waals surface area (Å²) in [6, 6.07) is 57.8. The average molecular weight is 627 g/mol. The molecular weight excluding hydrogens is 593 g/mol. The lowest BCUT2D eigenvalue weighted by Crippen LogP contribution is -2.40. The van der Waals surface area contributed by atoms with E-state index in [9.17, 15) is 0 Å². The Labute approximate surface area is 286 Å². The van der Waals surface area contributed by atoms with Crippen molar-refractivity contribution in [1.82, 2.24) is 4.57 Å². The van der Waals surface area contributed by atoms with Crippen molar-refractivity contribution in [2.45, 2.75) is 18.9 Å². The zero-order valence-electron chi connectivity index (χ0n) is 27.3. The van der Waals surface area contributed by atoms with Crippen LogP contribution in [-0.4, -0.2) is 10.1 Å². The van der Waals surface area contributed by atoms with E-state index in [1.165, 1.54) is 83.0 Å². The fourth-order valence-corrected chi connectivity index (χ4v) is 8.50. The Hall–Kier alpha value is -6.12. The summed E-state index contributed by atoms with van der Waals surface area (Å²) in [4.78, 5) is 2.59. The summed E-state index contributed by atoms with van der Waals surface area (Å²) >= 11 is 0. The zero-order chi connectivity index (χ0) is 32.5. The number of benzene rings is 7. The Morgan fingerprint density at radius 2 is 1.18 bits per heavy atom. The minimum Gasteiger partial charge on any atom is -0.330 e. The Balaban J connectivity index is 1.14. The maximum Gasteiger partial charge on any atom is 0.0715 e. The molecule has 0 amide bonds. The maximum atomic E-state index is 2.59. The van der Waals surface area contributed by atoms with Gasteiger partial charge in [-0.15, -0.1) is 0 Å². The van der Waals surface area contributed by atoms with Gasteiger partial charge in [0.25, 0.3) is 0 Å². The van der Waals surface area contributed by atoms with Crippen LogP contribution in [0.1, 0.15) is 18.9 Å². The van der Waals surface area contributed by atoms with Gasteiger partial charge in [-0.3, -0.25) is 0 Å². The Kier molecular flexibility index (Phi) is 6.10. The van der Waals surface area contributed by atoms with Crippen LogP contribution in [0.2, 0.25) is 0 Å². The van der Waals surface area contributed by atoms with Crippen LogP contribution in [0, 0.1) is 0 Å². The third-order valence-corrected chi connectivity index (χ3v) is 10.8. The first-order valence-corrected chi connectivity index (χ1v) is 17.2. The summed E-state index contributed by atoms with van der Waals surface area (Å²) in [7, 11) is 0. The van der Waals surface area contributed by atoms with Crippen molar-refractivity contribution in [1.29, 1.82) is 0 Å². The maximum absolute atomic E-state index is 2.59. The molecule has 232 valence electrons. The molecule has 2 heteroatoms. The fraction of sp³-hybridized carbons (Fsp3) is 0.0638. The molecule has 8 aromatic rings. The minimum absolute atomic E-state index is 0.169. The lowest BCUT2D eigenvalue weighted by molar-refractivity contribution is 0.608. The molecule has 10 rings (SSSR count). The van der Waals surface area contributed by atoms with Crippen molar-refractivity contribution in [3.63, 3.8) is 0 Å². The number of allylic oxidation sites excluding steroid dienone is 2. The van der Waals surface area contributed by atoms with Crippen LogP contribution in [0.3, 0.4) is 0 Å². The molecule has 1 atom stereocenters. The summed E-state index contributed by atoms with van der Waals surface area (Å²) in [6.45, 7) is 2.40. The van der Waals surface area contributed by atoms with Crippen LogP contribution in [0.15, 0.2) is 176 Å². The highest BCUT2D eigenvalue weighted by Gasteiger charge is 2.45. The van der Waals surface area contributed by atoms with E-state index in [2.05, 4.69) is 192 Å². The number of nitrogens with zero attached hydrogens (tertiary/aromatic N) is 2. The van der Waals surface area contributed by atoms with E-state index in [4.69, 9.17) is 0 Å². The van der Waals surface area contributed by atoms with Crippen molar-refractivity contribution < 1.29 is 0 Å². The second-order valence-electron chi connectivity index (χ2n) is 13.5. The van der Waals surface area contributed by atoms with Crippen LogP contribution in [-0.2, 0) is 0 Å². The predicted octanol–water partition coefficient (Wildman–Crippen LogP) is 12.5. The highest BCUT2D eigenvalue weighted by Crippen LogP contribution is 2.55. The van der Waals surface area contributed by atoms with E-state index in [1.807, 2.05) is 0 Å². The summed E-state index contributed by atoms with van der Waals surface area (Å²) < 4.78 is 2.38. The molecule has 0 fully saturated rings. The molecule has 0 spiro atoms. The molecule has 0 radical (unpaired) electrons. The lowest BCUT2D eigenvalue weighted by Gasteiger charge is -2.39. The molecule has 49 heavy (non-hydrogen) atoms. The quantitative estimate of drug-likeness (QED) is 0.189. The van der Waals surface area contributed by atoms with Crippen LogP contribution in [0.25, 0.3) is 66.1 Å². The Morgan fingerprint density at radius 3 is 2.04 bits per heavy atom. The Bertz CT molecular complexity index is 2650. The number of fused-ring (bicyclic) bond motifs is 7. The number of anilines is 2. The van der Waals surface area contributed by atoms with Gasteiger partial charge < -0.3 is 9.47 Å². The molecule has 2 heterocycles. The molecule has 0 saturated carbocycles. The third-order valence-electron chi connectivity index (χ3n) is 10.8. The topological polar surface area (TPSA) is 8.17 Å². The number of hydrogen-bond acceptors (Lipinski definition) is 1. The lowest BCUT2D eigenvalue weighted by atomic mass is 9.82. The monoisotopic (exact) mass is 626 g/mol. The largest absolute Gasteiger partial charge is 0.330 e. The van der Waals surface area contributed by atoms with Crippen molar-refractivity contribution in [2.75, 3.05) is 4.90 Å². The van der Waals surface area contributed by atoms with Crippen LogP contribution in [0.5, 0.6) is 0 Å². The van der Waals surface area contributed by atoms with Gasteiger partial charge in [0.15, 0.2) is 0 Å². The second kappa shape index (κ2) is 10.7. The van der Waals surface area contributed by atoms with E-state index in [-0.39, 0.29) is 5.54 Å². The van der Waals surface area contributed by atoms with Gasteiger partial charge in [-0.25, -0.2) is 0 Å². The van der Waals surface area contributed by atoms with Crippen molar-refractivity contribution in [3.8, 4) is 27.9 Å². The standard InChI is InChI=1S/C47H34N2/c1-47-29-12-11-22-42(47)41-31-34(26-28-46(41)49(47)45-24-13-15-32-14-5-6-20-38(32)45)37-19-8-7-18-36(37)33-25-27-44-40(30-33)39-21-9-10-23-43(39)48(44)35-16-3-2-4-17-35/h2-28,30-31H,29H2,1H3. The fourth-order valence-electron chi connectivity index (χ4n) is 8.50. The average Bonchev–Trinajstić information content (AvgIpc) is 3.63. The number of rotatable bonds is 4. The van der Waals surface area contributed by atoms with Gasteiger partial charge in [0.1, 0.15) is 0 Å². The van der Waals surface area contributed by atoms with E-state index in [0.717, 1.165) is 6.42 Å². The van der Waals surface area contributed by atoms with Crippen molar-refractivity contribution >= 4 is 49.5 Å². The van der Waals surface area contributed by atoms with Crippen molar-refractivity contribution in [2.24, 2.45) is 0 Å². The highest BCUT2D eigenvalue weighted by atomic mass is 15.2. The predicted molar refractivity (Wildman–Crippen MR) is 208 cm³/mol. The first kappa shape index (κ1) is 27.9. The SMILES string of the molecule is CC12CC=CC=C1c1cc(-c3ccccc3-c3ccc4c(c3)c3ccccc3n4-c3ccccc3)ccc1N2c1cccc2ccccc12. The number of aromatic nitrogens is 1. The van der Waals surface area contributed by atoms with Crippen molar-refractivity contribution in [3.05, 3.63) is 182 Å². The minimum atomic E-state index is -0.169. The molecule has 0 bridgehead atoms. The van der Waals surface area contributed by atoms with Gasteiger partial charge >= 0.3 is 0 Å². The van der Waals surface area contributed by atoms with E-state index in [1.54, 1.807) is 0 Å². The van der Waals surface area contributed by atoms with Gasteiger partial charge in [-0.05, 0) is 95.1 Å². The normalized spacial score (nSPS) is 16.7. The highest BCUT2D eigenvalue weighted by molar-refractivity contribution is 6.11. The summed E-state index contributed by atoms with van der Waals surface area (Å²) in [5, 5.41) is 5.08. The second-order valence-corrected chi connectivity index (χ2v) is 13.5. The summed E-state index contributed by atoms with van der Waals surface area (Å²) in [5.74, 6) is 0. The van der Waals surface area contributed by atoms with Crippen LogP contribution < -0.4 is 4.90 Å². The first-order valence-electron chi connectivity index (χ1n) is 17.2. The summed E-state index contributed by atoms with van der Waals surface area (Å²) in [6.07, 6.45) is 7.84. The molecule has 2 aliphatic rings. The molecule has 7 aromatic carbocycles. The Morgan fingerprint density at radius 1 is 0.510 bits per heavy atom. The van der Waals surface area contributed by atoms with E-state index < -0.39 is 0 Å². The molecule has 1 aliphatic carbocycles. The van der Waals surface area contributed by atoms with Gasteiger partial charge in [0.05, 0.1) is 16.6 Å². The molecule has 2 nitrogen and oxygen atoms in total. The van der Waals surface area contributed by atoms with Gasteiger partial charge in [0, 0.05) is 38.8 Å². The van der Waals surface area contributed by atoms with Crippen LogP contribution >= 0.6 is 0 Å².